The fourth-order valence-electron chi connectivity index (χ4n) is 4.94. The smallest absolute Gasteiger partial charge is 0.253 e. The summed E-state index contributed by atoms with van der Waals surface area (Å²) in [7, 11) is 1.58. The molecule has 186 valence electrons. The van der Waals surface area contributed by atoms with Crippen molar-refractivity contribution in [1.82, 2.24) is 15.1 Å². The lowest BCUT2D eigenvalue weighted by Crippen LogP contribution is -2.57. The van der Waals surface area contributed by atoms with E-state index in [4.69, 9.17) is 4.74 Å². The summed E-state index contributed by atoms with van der Waals surface area (Å²) in [5, 5.41) is 2.96. The maximum Gasteiger partial charge on any atom is 0.253 e. The maximum absolute atomic E-state index is 13.8. The van der Waals surface area contributed by atoms with Gasteiger partial charge in [0.05, 0.1) is 13.8 Å². The van der Waals surface area contributed by atoms with Crippen molar-refractivity contribution in [1.29, 1.82) is 0 Å². The molecule has 2 heterocycles. The molecule has 0 radical (unpaired) electrons. The molecule has 2 aromatic rings. The molecule has 35 heavy (non-hydrogen) atoms. The van der Waals surface area contributed by atoms with Crippen LogP contribution in [0.4, 0.5) is 5.69 Å². The highest BCUT2D eigenvalue weighted by molar-refractivity contribution is 5.98. The Morgan fingerprint density at radius 3 is 2.46 bits per heavy atom. The molecule has 2 saturated heterocycles. The number of hydrogen-bond donors (Lipinski definition) is 1. The van der Waals surface area contributed by atoms with Crippen molar-refractivity contribution in [2.75, 3.05) is 38.3 Å². The molecule has 0 unspecified atom stereocenters. The van der Waals surface area contributed by atoms with E-state index in [1.54, 1.807) is 35.1 Å². The number of para-hydroxylation sites is 1. The van der Waals surface area contributed by atoms with Crippen molar-refractivity contribution in [3.8, 4) is 5.75 Å². The molecular formula is C27H34N4O4. The second-order valence-corrected chi connectivity index (χ2v) is 9.34. The van der Waals surface area contributed by atoms with Crippen LogP contribution in [0.2, 0.25) is 0 Å². The van der Waals surface area contributed by atoms with E-state index in [1.165, 1.54) is 0 Å². The monoisotopic (exact) mass is 478 g/mol. The van der Waals surface area contributed by atoms with E-state index in [2.05, 4.69) is 10.2 Å². The first-order chi connectivity index (χ1) is 16.9. The van der Waals surface area contributed by atoms with Gasteiger partial charge in [0.25, 0.3) is 11.8 Å². The summed E-state index contributed by atoms with van der Waals surface area (Å²) in [6.07, 6.45) is 1.83. The second-order valence-electron chi connectivity index (χ2n) is 9.34. The number of likely N-dealkylation sites (tertiary alicyclic amines) is 1. The minimum atomic E-state index is -0.775. The minimum absolute atomic E-state index is 0.0285. The van der Waals surface area contributed by atoms with E-state index in [9.17, 15) is 14.4 Å². The number of amides is 3. The van der Waals surface area contributed by atoms with E-state index in [0.717, 1.165) is 12.1 Å². The summed E-state index contributed by atoms with van der Waals surface area (Å²) in [5.41, 5.74) is 0.739. The van der Waals surface area contributed by atoms with Gasteiger partial charge in [-0.1, -0.05) is 31.2 Å². The minimum Gasteiger partial charge on any atom is -0.497 e. The Morgan fingerprint density at radius 2 is 1.80 bits per heavy atom. The molecular weight excluding hydrogens is 444 g/mol. The highest BCUT2D eigenvalue weighted by Gasteiger charge is 2.54. The van der Waals surface area contributed by atoms with Gasteiger partial charge < -0.3 is 24.8 Å². The fourth-order valence-corrected chi connectivity index (χ4v) is 4.94. The predicted octanol–water partition coefficient (Wildman–Crippen LogP) is 2.89. The highest BCUT2D eigenvalue weighted by atomic mass is 16.5. The van der Waals surface area contributed by atoms with Crippen LogP contribution >= 0.6 is 0 Å². The lowest BCUT2D eigenvalue weighted by atomic mass is 9.85. The number of benzene rings is 2. The van der Waals surface area contributed by atoms with Gasteiger partial charge in [0.1, 0.15) is 17.8 Å². The van der Waals surface area contributed by atoms with Gasteiger partial charge >= 0.3 is 0 Å². The number of anilines is 1. The number of hydrogen-bond acceptors (Lipinski definition) is 5. The molecule has 4 rings (SSSR count). The number of carbonyl (C=O) groups excluding carboxylic acids is 3. The Kier molecular flexibility index (Phi) is 7.28. The average Bonchev–Trinajstić information content (AvgIpc) is 3.15. The largest absolute Gasteiger partial charge is 0.497 e. The molecule has 2 aromatic carbocycles. The molecule has 2 aliphatic rings. The Morgan fingerprint density at radius 1 is 1.09 bits per heavy atom. The molecule has 2 aliphatic heterocycles. The summed E-state index contributed by atoms with van der Waals surface area (Å²) >= 11 is 0. The number of carbonyl (C=O) groups is 3. The Hall–Kier alpha value is -3.55. The lowest BCUT2D eigenvalue weighted by molar-refractivity contribution is -0.137. The van der Waals surface area contributed by atoms with E-state index in [0.29, 0.717) is 43.9 Å². The average molecular weight is 479 g/mol. The zero-order valence-electron chi connectivity index (χ0n) is 20.7. The van der Waals surface area contributed by atoms with Gasteiger partial charge in [0.15, 0.2) is 0 Å². The number of nitrogens with one attached hydrogen (secondary N) is 1. The Labute approximate surface area is 206 Å². The van der Waals surface area contributed by atoms with Crippen molar-refractivity contribution in [2.45, 2.75) is 44.7 Å². The third kappa shape index (κ3) is 4.97. The predicted molar refractivity (Wildman–Crippen MR) is 134 cm³/mol. The molecule has 1 atom stereocenters. The van der Waals surface area contributed by atoms with Gasteiger partial charge in [-0.3, -0.25) is 14.4 Å². The second kappa shape index (κ2) is 10.4. The van der Waals surface area contributed by atoms with Crippen molar-refractivity contribution in [2.24, 2.45) is 0 Å². The summed E-state index contributed by atoms with van der Waals surface area (Å²) in [5.74, 6) is 0.370. The first-order valence-corrected chi connectivity index (χ1v) is 12.2. The van der Waals surface area contributed by atoms with Crippen LogP contribution in [0.1, 0.15) is 43.5 Å². The molecule has 0 aromatic heterocycles. The van der Waals surface area contributed by atoms with Gasteiger partial charge in [0, 0.05) is 30.4 Å². The SMILES string of the molecule is CC[C@@H](C)NC(=O)CN1CN(c2ccccc2)C2(CCN(C(=O)c3cccc(OC)c3)CC2)C1=O. The molecule has 0 saturated carbocycles. The van der Waals surface area contributed by atoms with Crippen LogP contribution in [-0.2, 0) is 9.59 Å². The summed E-state index contributed by atoms with van der Waals surface area (Å²) in [6.45, 7) is 5.26. The number of nitrogens with zero attached hydrogens (tertiary/aromatic N) is 3. The first kappa shape index (κ1) is 24.6. The standard InChI is InChI=1S/C27H34N4O4/c1-4-20(2)28-24(32)18-30-19-31(22-10-6-5-7-11-22)27(26(30)34)13-15-29(16-14-27)25(33)21-9-8-12-23(17-21)35-3/h5-12,17,20H,4,13-16,18-19H2,1-3H3,(H,28,32)/t20-/m1/s1. The molecule has 1 spiro atoms. The molecule has 1 N–H and O–H groups in total. The van der Waals surface area contributed by atoms with Gasteiger partial charge in [0.2, 0.25) is 5.91 Å². The zero-order valence-corrected chi connectivity index (χ0v) is 20.7. The van der Waals surface area contributed by atoms with Gasteiger partial charge in [-0.05, 0) is 56.5 Å². The van der Waals surface area contributed by atoms with Crippen molar-refractivity contribution in [3.63, 3.8) is 0 Å². The number of ether oxygens (including phenoxy) is 1. The third-order valence-corrected chi connectivity index (χ3v) is 7.13. The maximum atomic E-state index is 13.8. The van der Waals surface area contributed by atoms with Crippen molar-refractivity contribution >= 4 is 23.4 Å². The quantitative estimate of drug-likeness (QED) is 0.662. The van der Waals surface area contributed by atoms with Gasteiger partial charge in [-0.25, -0.2) is 0 Å². The van der Waals surface area contributed by atoms with Crippen LogP contribution in [0, 0.1) is 0 Å². The normalized spacial score (nSPS) is 18.0. The van der Waals surface area contributed by atoms with Crippen LogP contribution in [0.5, 0.6) is 5.75 Å². The molecule has 8 nitrogen and oxygen atoms in total. The van der Waals surface area contributed by atoms with Crippen LogP contribution in [0.3, 0.4) is 0 Å². The molecule has 2 fully saturated rings. The number of methoxy groups -OCH3 is 1. The molecule has 8 heteroatoms. The van der Waals surface area contributed by atoms with Crippen LogP contribution in [-0.4, -0.2) is 72.5 Å². The first-order valence-electron chi connectivity index (χ1n) is 12.2. The Balaban J connectivity index is 1.53. The third-order valence-electron chi connectivity index (χ3n) is 7.13. The molecule has 0 aliphatic carbocycles. The van der Waals surface area contributed by atoms with E-state index >= 15 is 0 Å². The summed E-state index contributed by atoms with van der Waals surface area (Å²) in [4.78, 5) is 45.1. The van der Waals surface area contributed by atoms with Crippen molar-refractivity contribution < 1.29 is 19.1 Å². The van der Waals surface area contributed by atoms with E-state index < -0.39 is 5.54 Å². The van der Waals surface area contributed by atoms with Crippen LogP contribution < -0.4 is 15.0 Å². The van der Waals surface area contributed by atoms with E-state index in [1.807, 2.05) is 50.2 Å². The molecule has 3 amide bonds. The topological polar surface area (TPSA) is 82.2 Å². The summed E-state index contributed by atoms with van der Waals surface area (Å²) < 4.78 is 5.26. The van der Waals surface area contributed by atoms with E-state index in [-0.39, 0.29) is 30.3 Å². The van der Waals surface area contributed by atoms with Gasteiger partial charge in [-0.15, -0.1) is 0 Å². The van der Waals surface area contributed by atoms with Crippen LogP contribution in [0.15, 0.2) is 54.6 Å². The summed E-state index contributed by atoms with van der Waals surface area (Å²) in [6, 6.07) is 17.0. The fraction of sp³-hybridized carbons (Fsp3) is 0.444. The Bertz CT molecular complexity index is 1070. The van der Waals surface area contributed by atoms with Crippen molar-refractivity contribution in [3.05, 3.63) is 60.2 Å². The zero-order chi connectivity index (χ0) is 25.0. The molecule has 0 bridgehead atoms. The number of rotatable bonds is 7. The number of piperidine rings is 1. The van der Waals surface area contributed by atoms with Gasteiger partial charge in [-0.2, -0.15) is 0 Å². The lowest BCUT2D eigenvalue weighted by Gasteiger charge is -2.43. The van der Waals surface area contributed by atoms with Crippen LogP contribution in [0.25, 0.3) is 0 Å². The highest BCUT2D eigenvalue weighted by Crippen LogP contribution is 2.39.